The Balaban J connectivity index is 2.26. The smallest absolute Gasteiger partial charge is 0.178 e. The summed E-state index contributed by atoms with van der Waals surface area (Å²) in [7, 11) is -2.98. The van der Waals surface area contributed by atoms with Crippen molar-refractivity contribution in [2.45, 2.75) is 30.6 Å². The van der Waals surface area contributed by atoms with Gasteiger partial charge in [-0.2, -0.15) is 0 Å². The Morgan fingerprint density at radius 2 is 2.06 bits per heavy atom. The fourth-order valence-electron chi connectivity index (χ4n) is 2.23. The Morgan fingerprint density at radius 1 is 1.25 bits per heavy atom. The van der Waals surface area contributed by atoms with Crippen LogP contribution in [0, 0.1) is 0 Å². The number of aryl methyl sites for hydroxylation is 1. The van der Waals surface area contributed by atoms with Gasteiger partial charge in [0.2, 0.25) is 0 Å². The zero-order valence-electron chi connectivity index (χ0n) is 9.28. The molecule has 2 N–H and O–H groups in total. The summed E-state index contributed by atoms with van der Waals surface area (Å²) in [4.78, 5) is 0.553. The van der Waals surface area contributed by atoms with E-state index < -0.39 is 9.84 Å². The van der Waals surface area contributed by atoms with Crippen LogP contribution >= 0.6 is 0 Å². The van der Waals surface area contributed by atoms with Crippen molar-refractivity contribution >= 4 is 9.84 Å². The molecule has 0 saturated carbocycles. The highest BCUT2D eigenvalue weighted by atomic mass is 32.2. The molecule has 0 unspecified atom stereocenters. The van der Waals surface area contributed by atoms with Gasteiger partial charge in [-0.15, -0.1) is 0 Å². The normalized spacial score (nSPS) is 17.3. The van der Waals surface area contributed by atoms with Crippen molar-refractivity contribution in [1.29, 1.82) is 0 Å². The van der Waals surface area contributed by atoms with Gasteiger partial charge in [0.05, 0.1) is 10.6 Å². The van der Waals surface area contributed by atoms with Crippen LogP contribution in [0.5, 0.6) is 0 Å². The summed E-state index contributed by atoms with van der Waals surface area (Å²) in [5.41, 5.74) is 7.68. The van der Waals surface area contributed by atoms with E-state index in [2.05, 4.69) is 0 Å². The summed E-state index contributed by atoms with van der Waals surface area (Å²) in [5.74, 6) is 0.274. The van der Waals surface area contributed by atoms with E-state index in [1.54, 1.807) is 6.07 Å². The number of nitrogens with two attached hydrogens (primary N) is 1. The lowest BCUT2D eigenvalue weighted by molar-refractivity contribution is 0.600. The molecule has 0 aromatic heterocycles. The van der Waals surface area contributed by atoms with Crippen LogP contribution in [0.25, 0.3) is 0 Å². The molecule has 4 heteroatoms. The predicted molar refractivity (Wildman–Crippen MR) is 64.2 cm³/mol. The molecule has 0 aliphatic carbocycles. The largest absolute Gasteiger partial charge is 0.330 e. The molecule has 1 aromatic rings. The first-order valence-electron chi connectivity index (χ1n) is 5.69. The third-order valence-corrected chi connectivity index (χ3v) is 4.88. The predicted octanol–water partition coefficient (Wildman–Crippen LogP) is 1.30. The minimum atomic E-state index is -2.98. The van der Waals surface area contributed by atoms with Crippen LogP contribution in [0.15, 0.2) is 23.1 Å². The molecular weight excluding hydrogens is 222 g/mol. The fourth-order valence-corrected chi connectivity index (χ4v) is 3.81. The van der Waals surface area contributed by atoms with Gasteiger partial charge in [-0.1, -0.05) is 12.1 Å². The van der Waals surface area contributed by atoms with Crippen molar-refractivity contribution in [3.05, 3.63) is 29.3 Å². The van der Waals surface area contributed by atoms with Gasteiger partial charge in [0.1, 0.15) is 0 Å². The number of unbranched alkanes of at least 4 members (excludes halogenated alkanes) is 1. The van der Waals surface area contributed by atoms with Gasteiger partial charge in [-0.3, -0.25) is 0 Å². The lowest BCUT2D eigenvalue weighted by Crippen LogP contribution is -2.00. The van der Waals surface area contributed by atoms with Crippen molar-refractivity contribution < 1.29 is 8.42 Å². The van der Waals surface area contributed by atoms with Gasteiger partial charge in [-0.05, 0) is 49.4 Å². The van der Waals surface area contributed by atoms with Crippen LogP contribution in [-0.4, -0.2) is 20.7 Å². The number of benzene rings is 1. The number of sulfone groups is 1. The molecule has 0 radical (unpaired) electrons. The van der Waals surface area contributed by atoms with Crippen molar-refractivity contribution in [3.63, 3.8) is 0 Å². The quantitative estimate of drug-likeness (QED) is 0.806. The maximum Gasteiger partial charge on any atom is 0.178 e. The van der Waals surface area contributed by atoms with Crippen LogP contribution in [0.4, 0.5) is 0 Å². The molecule has 88 valence electrons. The van der Waals surface area contributed by atoms with Gasteiger partial charge in [0, 0.05) is 0 Å². The molecule has 3 nitrogen and oxygen atoms in total. The average Bonchev–Trinajstić information content (AvgIpc) is 2.57. The number of rotatable bonds is 4. The second-order valence-electron chi connectivity index (χ2n) is 4.21. The van der Waals surface area contributed by atoms with Crippen LogP contribution in [0.1, 0.15) is 24.0 Å². The van der Waals surface area contributed by atoms with Gasteiger partial charge in [-0.25, -0.2) is 8.42 Å². The summed E-state index contributed by atoms with van der Waals surface area (Å²) in [5, 5.41) is 0. The molecular formula is C12H17NO2S. The third kappa shape index (κ3) is 2.13. The van der Waals surface area contributed by atoms with Crippen molar-refractivity contribution in [3.8, 4) is 0 Å². The maximum atomic E-state index is 11.7. The van der Waals surface area contributed by atoms with E-state index in [0.29, 0.717) is 17.9 Å². The first-order valence-corrected chi connectivity index (χ1v) is 7.34. The van der Waals surface area contributed by atoms with E-state index in [9.17, 15) is 8.42 Å². The van der Waals surface area contributed by atoms with Crippen molar-refractivity contribution in [2.24, 2.45) is 5.73 Å². The minimum absolute atomic E-state index is 0.274. The Kier molecular flexibility index (Phi) is 3.30. The van der Waals surface area contributed by atoms with Crippen LogP contribution < -0.4 is 5.73 Å². The van der Waals surface area contributed by atoms with Crippen molar-refractivity contribution in [2.75, 3.05) is 12.3 Å². The molecule has 0 bridgehead atoms. The van der Waals surface area contributed by atoms with Crippen LogP contribution in [0.2, 0.25) is 0 Å². The van der Waals surface area contributed by atoms with E-state index in [1.165, 1.54) is 5.56 Å². The lowest BCUT2D eigenvalue weighted by atomic mass is 10.0. The lowest BCUT2D eigenvalue weighted by Gasteiger charge is -2.06. The maximum absolute atomic E-state index is 11.7. The van der Waals surface area contributed by atoms with E-state index in [4.69, 9.17) is 5.73 Å². The molecule has 0 spiro atoms. The standard InChI is InChI=1S/C12H17NO2S/c13-8-2-1-4-10-5-3-6-12-11(10)7-9-16(12,14)15/h3,5-6H,1-2,4,7-9,13H2. The second-order valence-corrected chi connectivity index (χ2v) is 6.29. The summed E-state index contributed by atoms with van der Waals surface area (Å²) < 4.78 is 23.4. The summed E-state index contributed by atoms with van der Waals surface area (Å²) in [6.45, 7) is 0.702. The van der Waals surface area contributed by atoms with Gasteiger partial charge in [0.25, 0.3) is 0 Å². The molecule has 1 aliphatic heterocycles. The summed E-state index contributed by atoms with van der Waals surface area (Å²) in [6, 6.07) is 5.61. The first kappa shape index (κ1) is 11.6. The zero-order chi connectivity index (χ0) is 11.6. The Hall–Kier alpha value is -0.870. The van der Waals surface area contributed by atoms with E-state index in [1.807, 2.05) is 12.1 Å². The molecule has 1 aromatic carbocycles. The third-order valence-electron chi connectivity index (χ3n) is 3.09. The monoisotopic (exact) mass is 239 g/mol. The summed E-state index contributed by atoms with van der Waals surface area (Å²) >= 11 is 0. The molecule has 16 heavy (non-hydrogen) atoms. The molecule has 2 rings (SSSR count). The van der Waals surface area contributed by atoms with Gasteiger partial charge in [0.15, 0.2) is 9.84 Å². The molecule has 1 heterocycles. The second kappa shape index (κ2) is 4.55. The number of hydrogen-bond acceptors (Lipinski definition) is 3. The molecule has 0 saturated heterocycles. The van der Waals surface area contributed by atoms with Crippen molar-refractivity contribution in [1.82, 2.24) is 0 Å². The Bertz CT molecular complexity index is 480. The SMILES string of the molecule is NCCCCc1cccc2c1CCS2(=O)=O. The highest BCUT2D eigenvalue weighted by Gasteiger charge is 2.27. The fraction of sp³-hybridized carbons (Fsp3) is 0.500. The first-order chi connectivity index (χ1) is 7.65. The minimum Gasteiger partial charge on any atom is -0.330 e. The highest BCUT2D eigenvalue weighted by molar-refractivity contribution is 7.91. The molecule has 1 aliphatic rings. The molecule has 0 amide bonds. The van der Waals surface area contributed by atoms with Gasteiger partial charge >= 0.3 is 0 Å². The highest BCUT2D eigenvalue weighted by Crippen LogP contribution is 2.29. The Labute approximate surface area is 96.6 Å². The average molecular weight is 239 g/mol. The number of hydrogen-bond donors (Lipinski definition) is 1. The zero-order valence-corrected chi connectivity index (χ0v) is 10.1. The van der Waals surface area contributed by atoms with Crippen LogP contribution in [0.3, 0.4) is 0 Å². The van der Waals surface area contributed by atoms with Gasteiger partial charge < -0.3 is 5.73 Å². The molecule has 0 atom stereocenters. The van der Waals surface area contributed by atoms with E-state index in [0.717, 1.165) is 24.8 Å². The topological polar surface area (TPSA) is 60.2 Å². The molecule has 0 fully saturated rings. The van der Waals surface area contributed by atoms with E-state index in [-0.39, 0.29) is 5.75 Å². The number of fused-ring (bicyclic) bond motifs is 1. The van der Waals surface area contributed by atoms with E-state index >= 15 is 0 Å². The van der Waals surface area contributed by atoms with Crippen LogP contribution in [-0.2, 0) is 22.7 Å². The Morgan fingerprint density at radius 3 is 2.81 bits per heavy atom. The summed E-state index contributed by atoms with van der Waals surface area (Å²) in [6.07, 6.45) is 3.65.